The molecular weight excluding hydrogens is 520 g/mol. The molecule has 206 valence electrons. The lowest BCUT2D eigenvalue weighted by Gasteiger charge is -2.24. The number of ketones is 1. The van der Waals surface area contributed by atoms with Crippen LogP contribution in [0.3, 0.4) is 0 Å². The highest BCUT2D eigenvalue weighted by molar-refractivity contribution is 7.22. The van der Waals surface area contributed by atoms with Gasteiger partial charge in [0, 0.05) is 5.56 Å². The summed E-state index contributed by atoms with van der Waals surface area (Å²) in [5.74, 6) is -1.09. The molecule has 0 bridgehead atoms. The fraction of sp³-hybridized carbons (Fsp3) is 0.303. The van der Waals surface area contributed by atoms with Crippen LogP contribution in [0.4, 0.5) is 5.13 Å². The predicted octanol–water partition coefficient (Wildman–Crippen LogP) is 7.71. The van der Waals surface area contributed by atoms with Crippen LogP contribution in [-0.4, -0.2) is 28.4 Å². The Morgan fingerprint density at radius 3 is 2.50 bits per heavy atom. The first-order chi connectivity index (χ1) is 19.1. The molecule has 1 aliphatic heterocycles. The lowest BCUT2D eigenvalue weighted by molar-refractivity contribution is -0.132. The molecule has 0 saturated carbocycles. The van der Waals surface area contributed by atoms with Gasteiger partial charge in [-0.1, -0.05) is 87.9 Å². The van der Waals surface area contributed by atoms with Crippen LogP contribution >= 0.6 is 11.3 Å². The quantitative estimate of drug-likeness (QED) is 0.110. The summed E-state index contributed by atoms with van der Waals surface area (Å²) in [5.41, 5.74) is 4.08. The van der Waals surface area contributed by atoms with E-state index in [4.69, 9.17) is 9.72 Å². The van der Waals surface area contributed by atoms with Gasteiger partial charge < -0.3 is 9.84 Å². The molecular formula is C33H34N2O4S. The monoisotopic (exact) mass is 554 g/mol. The SMILES string of the molecule is CCCCOc1cccc(C(O)=C2C(=O)C(=O)N(c3nc4ccc(C)cc4s3)C2c2ccc(C(C)(C)C)cc2)c1. The largest absolute Gasteiger partial charge is 0.507 e. The first kappa shape index (κ1) is 27.6. The number of Topliss-reactive ketones (excluding diaryl/α,β-unsaturated/α-hetero) is 1. The number of amides is 1. The molecule has 0 radical (unpaired) electrons. The van der Waals surface area contributed by atoms with Crippen LogP contribution in [0.15, 0.2) is 72.3 Å². The van der Waals surface area contributed by atoms with Crippen LogP contribution in [0.5, 0.6) is 5.75 Å². The second-order valence-electron chi connectivity index (χ2n) is 11.2. The number of anilines is 1. The molecule has 1 N–H and O–H groups in total. The molecule has 7 heteroatoms. The normalized spacial score (nSPS) is 17.1. The van der Waals surface area contributed by atoms with Crippen LogP contribution < -0.4 is 9.64 Å². The van der Waals surface area contributed by atoms with Crippen LogP contribution in [0.2, 0.25) is 0 Å². The van der Waals surface area contributed by atoms with Crippen LogP contribution in [0, 0.1) is 6.92 Å². The van der Waals surface area contributed by atoms with Crippen molar-refractivity contribution >= 4 is 44.1 Å². The number of aryl methyl sites for hydroxylation is 1. The maximum Gasteiger partial charge on any atom is 0.301 e. The maximum absolute atomic E-state index is 13.6. The van der Waals surface area contributed by atoms with Crippen LogP contribution in [-0.2, 0) is 15.0 Å². The van der Waals surface area contributed by atoms with Gasteiger partial charge in [0.1, 0.15) is 11.5 Å². The Morgan fingerprint density at radius 2 is 1.80 bits per heavy atom. The Hall–Kier alpha value is -3.97. The number of benzene rings is 3. The van der Waals surface area contributed by atoms with E-state index in [9.17, 15) is 14.7 Å². The minimum absolute atomic E-state index is 0.0367. The van der Waals surface area contributed by atoms with Crippen molar-refractivity contribution in [3.05, 3.63) is 94.6 Å². The number of aromatic nitrogens is 1. The van der Waals surface area contributed by atoms with E-state index < -0.39 is 17.7 Å². The molecule has 1 fully saturated rings. The summed E-state index contributed by atoms with van der Waals surface area (Å²) in [7, 11) is 0. The van der Waals surface area contributed by atoms with E-state index in [1.54, 1.807) is 18.2 Å². The van der Waals surface area contributed by atoms with E-state index in [0.717, 1.165) is 39.7 Å². The Labute approximate surface area is 238 Å². The van der Waals surface area contributed by atoms with Crippen molar-refractivity contribution in [2.75, 3.05) is 11.5 Å². The number of rotatable bonds is 7. The lowest BCUT2D eigenvalue weighted by atomic mass is 9.85. The maximum atomic E-state index is 13.6. The highest BCUT2D eigenvalue weighted by Gasteiger charge is 2.48. The summed E-state index contributed by atoms with van der Waals surface area (Å²) < 4.78 is 6.76. The molecule has 1 atom stereocenters. The molecule has 1 saturated heterocycles. The molecule has 0 aliphatic carbocycles. The third-order valence-electron chi connectivity index (χ3n) is 7.15. The molecule has 1 unspecified atom stereocenters. The number of hydrogen-bond donors (Lipinski definition) is 1. The molecule has 6 nitrogen and oxygen atoms in total. The molecule has 1 aromatic heterocycles. The Balaban J connectivity index is 1.65. The highest BCUT2D eigenvalue weighted by atomic mass is 32.1. The van der Waals surface area contributed by atoms with Gasteiger partial charge in [-0.05, 0) is 59.7 Å². The van der Waals surface area contributed by atoms with Crippen molar-refractivity contribution < 1.29 is 19.4 Å². The highest BCUT2D eigenvalue weighted by Crippen LogP contribution is 2.45. The Bertz CT molecular complexity index is 1610. The molecule has 0 spiro atoms. The first-order valence-corrected chi connectivity index (χ1v) is 14.4. The van der Waals surface area contributed by atoms with Crippen molar-refractivity contribution in [3.8, 4) is 5.75 Å². The van der Waals surface area contributed by atoms with E-state index in [2.05, 4.69) is 27.7 Å². The van der Waals surface area contributed by atoms with Gasteiger partial charge in [0.15, 0.2) is 5.13 Å². The Kier molecular flexibility index (Phi) is 7.51. The molecule has 2 heterocycles. The summed E-state index contributed by atoms with van der Waals surface area (Å²) in [5, 5.41) is 12.0. The molecule has 40 heavy (non-hydrogen) atoms. The standard InChI is InChI=1S/C33H34N2O4S/c1-6-7-17-39-24-10-8-9-22(19-24)29(36)27-28(21-12-14-23(15-13-21)33(3,4)5)35(31(38)30(27)37)32-34-25-16-11-20(2)18-26(25)40-32/h8-16,18-19,28,36H,6-7,17H2,1-5H3. The summed E-state index contributed by atoms with van der Waals surface area (Å²) >= 11 is 1.36. The van der Waals surface area contributed by atoms with Crippen molar-refractivity contribution in [1.29, 1.82) is 0 Å². The fourth-order valence-corrected chi connectivity index (χ4v) is 5.95. The van der Waals surface area contributed by atoms with E-state index in [0.29, 0.717) is 23.1 Å². The summed E-state index contributed by atoms with van der Waals surface area (Å²) in [6.07, 6.45) is 1.91. The molecule has 1 aliphatic rings. The topological polar surface area (TPSA) is 79.7 Å². The van der Waals surface area contributed by atoms with Gasteiger partial charge in [-0.3, -0.25) is 14.5 Å². The number of aliphatic hydroxyl groups excluding tert-OH is 1. The minimum Gasteiger partial charge on any atom is -0.507 e. The van der Waals surface area contributed by atoms with Crippen LogP contribution in [0.25, 0.3) is 16.0 Å². The summed E-state index contributed by atoms with van der Waals surface area (Å²) in [6.45, 7) is 11.0. The van der Waals surface area contributed by atoms with Gasteiger partial charge in [0.2, 0.25) is 0 Å². The zero-order valence-electron chi connectivity index (χ0n) is 23.5. The fourth-order valence-electron chi connectivity index (χ4n) is 4.86. The summed E-state index contributed by atoms with van der Waals surface area (Å²) in [6, 6.07) is 20.0. The number of aliphatic hydroxyl groups is 1. The number of hydrogen-bond acceptors (Lipinski definition) is 6. The smallest absolute Gasteiger partial charge is 0.301 e. The zero-order valence-corrected chi connectivity index (χ0v) is 24.3. The second kappa shape index (κ2) is 10.9. The third kappa shape index (κ3) is 5.26. The van der Waals surface area contributed by atoms with Gasteiger partial charge in [-0.2, -0.15) is 0 Å². The van der Waals surface area contributed by atoms with Gasteiger partial charge >= 0.3 is 5.91 Å². The van der Waals surface area contributed by atoms with Crippen molar-refractivity contribution in [2.24, 2.45) is 0 Å². The number of thiazole rings is 1. The number of nitrogens with zero attached hydrogens (tertiary/aromatic N) is 2. The van der Waals surface area contributed by atoms with Crippen LogP contribution in [0.1, 0.15) is 68.8 Å². The predicted molar refractivity (Wildman–Crippen MR) is 161 cm³/mol. The summed E-state index contributed by atoms with van der Waals surface area (Å²) in [4.78, 5) is 33.4. The van der Waals surface area contributed by atoms with Gasteiger partial charge in [0.25, 0.3) is 5.78 Å². The molecule has 1 amide bonds. The Morgan fingerprint density at radius 1 is 1.05 bits per heavy atom. The first-order valence-electron chi connectivity index (χ1n) is 13.6. The van der Waals surface area contributed by atoms with Crippen molar-refractivity contribution in [3.63, 3.8) is 0 Å². The van der Waals surface area contributed by atoms with E-state index in [1.165, 1.54) is 16.2 Å². The average molecular weight is 555 g/mol. The van der Waals surface area contributed by atoms with E-state index in [-0.39, 0.29) is 16.7 Å². The van der Waals surface area contributed by atoms with Gasteiger partial charge in [-0.15, -0.1) is 0 Å². The van der Waals surface area contributed by atoms with Crippen molar-refractivity contribution in [2.45, 2.75) is 58.9 Å². The van der Waals surface area contributed by atoms with Gasteiger partial charge in [-0.25, -0.2) is 4.98 Å². The average Bonchev–Trinajstić information content (AvgIpc) is 3.45. The van der Waals surface area contributed by atoms with Crippen molar-refractivity contribution in [1.82, 2.24) is 4.98 Å². The number of fused-ring (bicyclic) bond motifs is 1. The van der Waals surface area contributed by atoms with E-state index in [1.807, 2.05) is 55.5 Å². The number of unbranched alkanes of at least 4 members (excludes halogenated alkanes) is 1. The molecule has 3 aromatic carbocycles. The number of carbonyl (C=O) groups is 2. The zero-order chi connectivity index (χ0) is 28.6. The van der Waals surface area contributed by atoms with Gasteiger partial charge in [0.05, 0.1) is 28.4 Å². The second-order valence-corrected chi connectivity index (χ2v) is 12.2. The number of carbonyl (C=O) groups excluding carboxylic acids is 2. The molecule has 4 aromatic rings. The third-order valence-corrected chi connectivity index (χ3v) is 8.17. The number of ether oxygens (including phenoxy) is 1. The minimum atomic E-state index is -0.833. The lowest BCUT2D eigenvalue weighted by Crippen LogP contribution is -2.29. The van der Waals surface area contributed by atoms with E-state index >= 15 is 0 Å². The molecule has 5 rings (SSSR count).